The normalized spacial score (nSPS) is 11.8. The number of hydrogen-bond donors (Lipinski definition) is 0. The summed E-state index contributed by atoms with van der Waals surface area (Å²) in [6, 6.07) is 15.5. The van der Waals surface area contributed by atoms with Crippen LogP contribution in [0, 0.1) is 0 Å². The second kappa shape index (κ2) is 5.52. The van der Waals surface area contributed by atoms with Gasteiger partial charge in [-0.15, -0.1) is 0 Å². The molecule has 0 unspecified atom stereocenters. The van der Waals surface area contributed by atoms with E-state index in [2.05, 4.69) is 20.1 Å². The lowest BCUT2D eigenvalue weighted by Crippen LogP contribution is -1.96. The van der Waals surface area contributed by atoms with Crippen LogP contribution in [0.15, 0.2) is 58.3 Å². The third-order valence-electron chi connectivity index (χ3n) is 2.94. The van der Waals surface area contributed by atoms with E-state index in [9.17, 15) is 0 Å². The van der Waals surface area contributed by atoms with Gasteiger partial charge in [-0.1, -0.05) is 41.6 Å². The maximum atomic E-state index is 5.37. The van der Waals surface area contributed by atoms with E-state index in [0.717, 1.165) is 27.9 Å². The molecule has 0 aliphatic heterocycles. The Morgan fingerprint density at radius 3 is 2.75 bits per heavy atom. The number of rotatable bonds is 4. The summed E-state index contributed by atoms with van der Waals surface area (Å²) < 4.78 is 4.65. The minimum Gasteiger partial charge on any atom is -0.391 e. The summed E-state index contributed by atoms with van der Waals surface area (Å²) in [5, 5.41) is 11.7. The van der Waals surface area contributed by atoms with Crippen LogP contribution in [-0.2, 0) is 11.4 Å². The molecule has 5 heteroatoms. The SMILES string of the molecule is C/C(=N\OCc1ccc2nonc2c1)c1ccccc1. The lowest BCUT2D eigenvalue weighted by Gasteiger charge is -2.02. The first-order valence-electron chi connectivity index (χ1n) is 6.26. The quantitative estimate of drug-likeness (QED) is 0.538. The third kappa shape index (κ3) is 2.66. The number of hydrogen-bond acceptors (Lipinski definition) is 5. The Kier molecular flexibility index (Phi) is 3.41. The van der Waals surface area contributed by atoms with Crippen molar-refractivity contribution in [2.75, 3.05) is 0 Å². The minimum atomic E-state index is 0.382. The Labute approximate surface area is 115 Å². The van der Waals surface area contributed by atoms with E-state index in [0.29, 0.717) is 6.61 Å². The van der Waals surface area contributed by atoms with E-state index in [1.54, 1.807) is 0 Å². The zero-order valence-corrected chi connectivity index (χ0v) is 11.0. The monoisotopic (exact) mass is 267 g/mol. The summed E-state index contributed by atoms with van der Waals surface area (Å²) in [6.07, 6.45) is 0. The van der Waals surface area contributed by atoms with Crippen molar-refractivity contribution in [3.63, 3.8) is 0 Å². The van der Waals surface area contributed by atoms with Gasteiger partial charge in [0, 0.05) is 0 Å². The molecule has 3 aromatic rings. The summed E-state index contributed by atoms with van der Waals surface area (Å²) in [6.45, 7) is 2.30. The lowest BCUT2D eigenvalue weighted by molar-refractivity contribution is 0.130. The standard InChI is InChI=1S/C15H13N3O2/c1-11(13-5-3-2-4-6-13)16-19-10-12-7-8-14-15(9-12)18-20-17-14/h2-9H,10H2,1H3/b16-11+. The maximum absolute atomic E-state index is 5.37. The Bertz CT molecular complexity index is 735. The van der Waals surface area contributed by atoms with E-state index in [-0.39, 0.29) is 0 Å². The van der Waals surface area contributed by atoms with Gasteiger partial charge in [0.25, 0.3) is 0 Å². The average Bonchev–Trinajstić information content (AvgIpc) is 2.95. The van der Waals surface area contributed by atoms with Crippen LogP contribution in [0.4, 0.5) is 0 Å². The fraction of sp³-hybridized carbons (Fsp3) is 0.133. The Morgan fingerprint density at radius 1 is 1.10 bits per heavy atom. The van der Waals surface area contributed by atoms with Gasteiger partial charge in [-0.2, -0.15) is 0 Å². The molecule has 0 N–H and O–H groups in total. The van der Waals surface area contributed by atoms with Crippen LogP contribution in [-0.4, -0.2) is 16.0 Å². The van der Waals surface area contributed by atoms with Gasteiger partial charge in [0.05, 0.1) is 5.71 Å². The molecular weight excluding hydrogens is 254 g/mol. The van der Waals surface area contributed by atoms with Gasteiger partial charge in [-0.3, -0.25) is 0 Å². The van der Waals surface area contributed by atoms with E-state index in [4.69, 9.17) is 4.84 Å². The van der Waals surface area contributed by atoms with Crippen molar-refractivity contribution in [2.45, 2.75) is 13.5 Å². The molecule has 0 spiro atoms. The van der Waals surface area contributed by atoms with E-state index in [1.807, 2.05) is 55.5 Å². The molecule has 20 heavy (non-hydrogen) atoms. The zero-order valence-electron chi connectivity index (χ0n) is 11.0. The highest BCUT2D eigenvalue weighted by Crippen LogP contribution is 2.12. The highest BCUT2D eigenvalue weighted by molar-refractivity contribution is 5.98. The molecule has 0 aliphatic rings. The Morgan fingerprint density at radius 2 is 1.90 bits per heavy atom. The second-order valence-electron chi connectivity index (χ2n) is 4.40. The Balaban J connectivity index is 1.67. The predicted octanol–water partition coefficient (Wildman–Crippen LogP) is 3.16. The molecule has 5 nitrogen and oxygen atoms in total. The zero-order chi connectivity index (χ0) is 13.8. The van der Waals surface area contributed by atoms with Crippen molar-refractivity contribution in [1.82, 2.24) is 10.3 Å². The largest absolute Gasteiger partial charge is 0.391 e. The third-order valence-corrected chi connectivity index (χ3v) is 2.94. The van der Waals surface area contributed by atoms with Gasteiger partial charge in [0.2, 0.25) is 0 Å². The molecule has 0 amide bonds. The molecule has 0 radical (unpaired) electrons. The fourth-order valence-electron chi connectivity index (χ4n) is 1.85. The molecule has 1 aromatic heterocycles. The molecule has 0 aliphatic carbocycles. The van der Waals surface area contributed by atoms with Crippen LogP contribution >= 0.6 is 0 Å². The van der Waals surface area contributed by atoms with Gasteiger partial charge in [-0.25, -0.2) is 4.63 Å². The predicted molar refractivity (Wildman–Crippen MR) is 75.2 cm³/mol. The molecule has 2 aromatic carbocycles. The number of fused-ring (bicyclic) bond motifs is 1. The first kappa shape index (κ1) is 12.3. The van der Waals surface area contributed by atoms with Gasteiger partial charge in [0.1, 0.15) is 17.6 Å². The molecule has 0 bridgehead atoms. The summed E-state index contributed by atoms with van der Waals surface area (Å²) >= 11 is 0. The molecule has 0 saturated heterocycles. The molecular formula is C15H13N3O2. The van der Waals surface area contributed by atoms with Gasteiger partial charge < -0.3 is 4.84 Å². The molecule has 1 heterocycles. The molecule has 0 saturated carbocycles. The van der Waals surface area contributed by atoms with Crippen LogP contribution in [0.3, 0.4) is 0 Å². The van der Waals surface area contributed by atoms with Crippen LogP contribution in [0.25, 0.3) is 11.0 Å². The molecule has 0 fully saturated rings. The first-order chi connectivity index (χ1) is 9.83. The van der Waals surface area contributed by atoms with Crippen molar-refractivity contribution in [2.24, 2.45) is 5.16 Å². The van der Waals surface area contributed by atoms with E-state index >= 15 is 0 Å². The highest BCUT2D eigenvalue weighted by Gasteiger charge is 2.02. The second-order valence-corrected chi connectivity index (χ2v) is 4.40. The summed E-state index contributed by atoms with van der Waals surface area (Å²) in [7, 11) is 0. The highest BCUT2D eigenvalue weighted by atomic mass is 16.6. The van der Waals surface area contributed by atoms with Gasteiger partial charge >= 0.3 is 0 Å². The number of nitrogens with zero attached hydrogens (tertiary/aromatic N) is 3. The smallest absolute Gasteiger partial charge is 0.142 e. The summed E-state index contributed by atoms with van der Waals surface area (Å²) in [4.78, 5) is 5.37. The van der Waals surface area contributed by atoms with Crippen LogP contribution < -0.4 is 0 Å². The van der Waals surface area contributed by atoms with Crippen LogP contribution in [0.2, 0.25) is 0 Å². The van der Waals surface area contributed by atoms with E-state index < -0.39 is 0 Å². The maximum Gasteiger partial charge on any atom is 0.142 e. The van der Waals surface area contributed by atoms with Crippen LogP contribution in [0.5, 0.6) is 0 Å². The summed E-state index contributed by atoms with van der Waals surface area (Å²) in [5.74, 6) is 0. The average molecular weight is 267 g/mol. The van der Waals surface area contributed by atoms with Crippen molar-refractivity contribution in [3.8, 4) is 0 Å². The lowest BCUT2D eigenvalue weighted by atomic mass is 10.1. The number of oxime groups is 1. The van der Waals surface area contributed by atoms with Crippen molar-refractivity contribution >= 4 is 16.7 Å². The Hall–Kier alpha value is -2.69. The molecule has 3 rings (SSSR count). The van der Waals surface area contributed by atoms with Crippen molar-refractivity contribution < 1.29 is 9.47 Å². The van der Waals surface area contributed by atoms with Gasteiger partial charge in [-0.05, 0) is 40.5 Å². The van der Waals surface area contributed by atoms with Crippen LogP contribution in [0.1, 0.15) is 18.1 Å². The van der Waals surface area contributed by atoms with E-state index in [1.165, 1.54) is 0 Å². The molecule has 100 valence electrons. The first-order valence-corrected chi connectivity index (χ1v) is 6.26. The number of benzene rings is 2. The fourth-order valence-corrected chi connectivity index (χ4v) is 1.85. The van der Waals surface area contributed by atoms with Gasteiger partial charge in [0.15, 0.2) is 0 Å². The molecule has 0 atom stereocenters. The summed E-state index contributed by atoms with van der Waals surface area (Å²) in [5.41, 5.74) is 4.31. The van der Waals surface area contributed by atoms with Crippen molar-refractivity contribution in [3.05, 3.63) is 59.7 Å². The number of aromatic nitrogens is 2. The topological polar surface area (TPSA) is 60.5 Å². The van der Waals surface area contributed by atoms with Crippen molar-refractivity contribution in [1.29, 1.82) is 0 Å². The minimum absolute atomic E-state index is 0.382.